The van der Waals surface area contributed by atoms with Gasteiger partial charge >= 0.3 is 0 Å². The number of hydrogen-bond donors (Lipinski definition) is 3. The number of nitrogens with zero attached hydrogens (tertiary/aromatic N) is 7. The van der Waals surface area contributed by atoms with Gasteiger partial charge in [0.25, 0.3) is 0 Å². The van der Waals surface area contributed by atoms with Crippen LogP contribution >= 0.6 is 0 Å². The second kappa shape index (κ2) is 8.66. The minimum atomic E-state index is -0.544. The summed E-state index contributed by atoms with van der Waals surface area (Å²) >= 11 is 0. The number of hydrogen-bond acceptors (Lipinski definition) is 9. The van der Waals surface area contributed by atoms with Crippen molar-refractivity contribution in [3.63, 3.8) is 0 Å². The first-order valence-corrected chi connectivity index (χ1v) is 10.3. The first kappa shape index (κ1) is 19.4. The van der Waals surface area contributed by atoms with E-state index in [4.69, 9.17) is 4.74 Å². The van der Waals surface area contributed by atoms with Gasteiger partial charge in [0, 0.05) is 19.3 Å². The van der Waals surface area contributed by atoms with Crippen molar-refractivity contribution in [2.75, 3.05) is 18.5 Å². The molecular formula is C20H23N9O2. The Morgan fingerprint density at radius 2 is 2.03 bits per heavy atom. The number of nitrogens with one attached hydrogen (secondary N) is 2. The molecule has 0 spiro atoms. The van der Waals surface area contributed by atoms with Crippen molar-refractivity contribution >= 4 is 22.8 Å². The molecule has 11 heteroatoms. The molecule has 11 nitrogen and oxygen atoms in total. The van der Waals surface area contributed by atoms with E-state index < -0.39 is 6.23 Å². The van der Waals surface area contributed by atoms with Gasteiger partial charge < -0.3 is 15.2 Å². The Bertz CT molecular complexity index is 1160. The first-order valence-electron chi connectivity index (χ1n) is 10.3. The third kappa shape index (κ3) is 4.47. The molecule has 6 rings (SSSR count). The summed E-state index contributed by atoms with van der Waals surface area (Å²) in [5, 5.41) is 29.1. The minimum Gasteiger partial charge on any atom is -0.494 e. The fraction of sp³-hybridized carbons (Fsp3) is 0.350. The van der Waals surface area contributed by atoms with Crippen LogP contribution in [0.2, 0.25) is 0 Å². The van der Waals surface area contributed by atoms with E-state index in [1.54, 1.807) is 17.1 Å². The maximum absolute atomic E-state index is 10.1. The van der Waals surface area contributed by atoms with E-state index in [9.17, 15) is 5.11 Å². The SMILES string of the molecule is OC1CCCn2cc(cn2)Nc2ncc3nnn(c3n2)-c2ccc(cc2)OCCCN1. The predicted molar refractivity (Wildman–Crippen MR) is 113 cm³/mol. The summed E-state index contributed by atoms with van der Waals surface area (Å²) in [6.45, 7) is 1.94. The van der Waals surface area contributed by atoms with Gasteiger partial charge in [0.1, 0.15) is 12.0 Å². The second-order valence-electron chi connectivity index (χ2n) is 7.33. The highest BCUT2D eigenvalue weighted by Crippen LogP contribution is 2.20. The zero-order valence-corrected chi connectivity index (χ0v) is 16.8. The number of aliphatic hydroxyl groups is 1. The van der Waals surface area contributed by atoms with Crippen molar-refractivity contribution < 1.29 is 9.84 Å². The highest BCUT2D eigenvalue weighted by atomic mass is 16.5. The molecule has 6 bridgehead atoms. The Labute approximate surface area is 178 Å². The molecule has 1 unspecified atom stereocenters. The van der Waals surface area contributed by atoms with Crippen molar-refractivity contribution in [1.82, 2.24) is 40.1 Å². The van der Waals surface area contributed by atoms with Crippen molar-refractivity contribution in [2.24, 2.45) is 0 Å². The van der Waals surface area contributed by atoms with Gasteiger partial charge in [0.05, 0.1) is 30.4 Å². The van der Waals surface area contributed by atoms with Crippen LogP contribution in [0, 0.1) is 0 Å². The normalized spacial score (nSPS) is 17.8. The average molecular weight is 421 g/mol. The number of rotatable bonds is 0. The summed E-state index contributed by atoms with van der Waals surface area (Å²) < 4.78 is 9.29. The highest BCUT2D eigenvalue weighted by molar-refractivity contribution is 5.72. The molecule has 4 aromatic rings. The van der Waals surface area contributed by atoms with Gasteiger partial charge in [-0.05, 0) is 43.5 Å². The Morgan fingerprint density at radius 1 is 1.13 bits per heavy atom. The highest BCUT2D eigenvalue weighted by Gasteiger charge is 2.12. The summed E-state index contributed by atoms with van der Waals surface area (Å²) in [4.78, 5) is 8.91. The van der Waals surface area contributed by atoms with E-state index in [0.29, 0.717) is 43.2 Å². The summed E-state index contributed by atoms with van der Waals surface area (Å²) in [5.41, 5.74) is 2.81. The number of aryl methyl sites for hydroxylation is 1. The lowest BCUT2D eigenvalue weighted by Crippen LogP contribution is -2.30. The zero-order valence-electron chi connectivity index (χ0n) is 16.8. The van der Waals surface area contributed by atoms with Crippen LogP contribution < -0.4 is 15.4 Å². The Hall–Kier alpha value is -3.57. The van der Waals surface area contributed by atoms with Crippen LogP contribution in [0.1, 0.15) is 19.3 Å². The largest absolute Gasteiger partial charge is 0.494 e. The van der Waals surface area contributed by atoms with E-state index >= 15 is 0 Å². The number of benzene rings is 1. The molecule has 0 saturated carbocycles. The molecule has 3 N–H and O–H groups in total. The summed E-state index contributed by atoms with van der Waals surface area (Å²) in [5.74, 6) is 1.20. The Balaban J connectivity index is 1.44. The number of anilines is 2. The van der Waals surface area contributed by atoms with Crippen LogP contribution in [0.4, 0.5) is 11.6 Å². The molecule has 2 aliphatic rings. The van der Waals surface area contributed by atoms with Crippen LogP contribution in [-0.2, 0) is 6.54 Å². The van der Waals surface area contributed by atoms with E-state index in [-0.39, 0.29) is 0 Å². The smallest absolute Gasteiger partial charge is 0.229 e. The van der Waals surface area contributed by atoms with Crippen LogP contribution in [-0.4, -0.2) is 59.2 Å². The van der Waals surface area contributed by atoms with Crippen molar-refractivity contribution in [3.8, 4) is 11.4 Å². The van der Waals surface area contributed by atoms with Crippen molar-refractivity contribution in [1.29, 1.82) is 0 Å². The molecule has 2 aliphatic heterocycles. The molecule has 3 aromatic heterocycles. The number of aromatic nitrogens is 7. The molecule has 0 radical (unpaired) electrons. The second-order valence-corrected chi connectivity index (χ2v) is 7.33. The van der Waals surface area contributed by atoms with Gasteiger partial charge in [-0.25, -0.2) is 4.98 Å². The lowest BCUT2D eigenvalue weighted by Gasteiger charge is -2.13. The van der Waals surface area contributed by atoms with Crippen LogP contribution in [0.15, 0.2) is 42.9 Å². The van der Waals surface area contributed by atoms with E-state index in [1.807, 2.05) is 35.1 Å². The third-order valence-electron chi connectivity index (χ3n) is 5.00. The third-order valence-corrected chi connectivity index (χ3v) is 5.00. The summed E-state index contributed by atoms with van der Waals surface area (Å²) in [6.07, 6.45) is 6.94. The number of ether oxygens (including phenoxy) is 1. The fourth-order valence-electron chi connectivity index (χ4n) is 3.40. The molecular weight excluding hydrogens is 398 g/mol. The zero-order chi connectivity index (χ0) is 21.0. The number of fused-ring (bicyclic) bond motifs is 10. The Kier molecular flexibility index (Phi) is 5.42. The molecule has 160 valence electrons. The maximum atomic E-state index is 10.1. The summed E-state index contributed by atoms with van der Waals surface area (Å²) in [6, 6.07) is 7.60. The van der Waals surface area contributed by atoms with Crippen LogP contribution in [0.5, 0.6) is 5.75 Å². The number of aliphatic hydroxyl groups excluding tert-OH is 1. The van der Waals surface area contributed by atoms with Crippen LogP contribution in [0.3, 0.4) is 0 Å². The molecule has 1 atom stereocenters. The van der Waals surface area contributed by atoms with Gasteiger partial charge in [-0.15, -0.1) is 5.10 Å². The molecule has 1 aromatic carbocycles. The van der Waals surface area contributed by atoms with E-state index in [2.05, 4.69) is 36.0 Å². The van der Waals surface area contributed by atoms with Crippen LogP contribution in [0.25, 0.3) is 16.9 Å². The lowest BCUT2D eigenvalue weighted by molar-refractivity contribution is 0.121. The quantitative estimate of drug-likeness (QED) is 0.388. The molecule has 31 heavy (non-hydrogen) atoms. The molecule has 5 heterocycles. The molecule has 0 saturated heterocycles. The standard InChI is InChI=1S/C20H23N9O2/c30-18-3-1-9-28-13-14(11-23-28)24-20-22-12-17-19(25-20)29(27-26-17)15-4-6-16(7-5-15)31-10-2-8-21-18/h4-7,11-13,18,21,30H,1-3,8-10H2,(H,22,24,25). The molecule has 0 amide bonds. The monoisotopic (exact) mass is 421 g/mol. The van der Waals surface area contributed by atoms with Crippen molar-refractivity contribution in [3.05, 3.63) is 42.9 Å². The van der Waals surface area contributed by atoms with Gasteiger partial charge in [-0.3, -0.25) is 10.00 Å². The van der Waals surface area contributed by atoms with Gasteiger partial charge in [-0.1, -0.05) is 5.21 Å². The first-order chi connectivity index (χ1) is 15.2. The molecule has 0 fully saturated rings. The van der Waals surface area contributed by atoms with E-state index in [0.717, 1.165) is 30.0 Å². The Morgan fingerprint density at radius 3 is 2.94 bits per heavy atom. The van der Waals surface area contributed by atoms with E-state index in [1.165, 1.54) is 0 Å². The van der Waals surface area contributed by atoms with Gasteiger partial charge in [0.2, 0.25) is 5.95 Å². The fourth-order valence-corrected chi connectivity index (χ4v) is 3.40. The van der Waals surface area contributed by atoms with Crippen molar-refractivity contribution in [2.45, 2.75) is 32.0 Å². The average Bonchev–Trinajstić information content (AvgIpc) is 3.40. The molecule has 0 aliphatic carbocycles. The summed E-state index contributed by atoms with van der Waals surface area (Å²) in [7, 11) is 0. The van der Waals surface area contributed by atoms with Gasteiger partial charge in [-0.2, -0.15) is 14.8 Å². The lowest BCUT2D eigenvalue weighted by atomic mass is 10.2. The predicted octanol–water partition coefficient (Wildman–Crippen LogP) is 1.62. The topological polar surface area (TPSA) is 128 Å². The minimum absolute atomic E-state index is 0.432. The maximum Gasteiger partial charge on any atom is 0.229 e. The van der Waals surface area contributed by atoms with Gasteiger partial charge in [0.15, 0.2) is 11.2 Å².